The summed E-state index contributed by atoms with van der Waals surface area (Å²) >= 11 is 0. The van der Waals surface area contributed by atoms with Gasteiger partial charge in [-0.25, -0.2) is 0 Å². The highest BCUT2D eigenvalue weighted by molar-refractivity contribution is 7.59. The topological polar surface area (TPSA) is 3.24 Å². The highest BCUT2D eigenvalue weighted by Crippen LogP contribution is 1.47. The van der Waals surface area contributed by atoms with Crippen molar-refractivity contribution in [2.24, 2.45) is 0 Å². The summed E-state index contributed by atoms with van der Waals surface area (Å²) in [6.45, 7) is 0. The van der Waals surface area contributed by atoms with Crippen molar-refractivity contribution in [1.82, 2.24) is 4.90 Å². The average molecular weight is 166 g/mol. The molecule has 7 heavy (non-hydrogen) atoms. The Bertz CT molecular complexity index is 17.7. The molecule has 0 aromatic carbocycles. The second-order valence-corrected chi connectivity index (χ2v) is 1.34. The van der Waals surface area contributed by atoms with E-state index in [4.69, 9.17) is 0 Å². The molecule has 0 fully saturated rings. The summed E-state index contributed by atoms with van der Waals surface area (Å²) in [6, 6.07) is 0. The van der Waals surface area contributed by atoms with Crippen LogP contribution < -0.4 is 0 Å². The Morgan fingerprint density at radius 3 is 0.857 bits per heavy atom. The maximum Gasteiger partial charge on any atom is -0.0140 e. The largest absolute Gasteiger partial charge is 0.312 e. The zero-order chi connectivity index (χ0) is 3.58. The van der Waals surface area contributed by atoms with E-state index in [2.05, 4.69) is 0 Å². The van der Waals surface area contributed by atoms with Gasteiger partial charge in [0.05, 0.1) is 0 Å². The molecule has 0 aromatic rings. The van der Waals surface area contributed by atoms with Crippen LogP contribution in [0.2, 0.25) is 0 Å². The molecule has 0 aliphatic carbocycles. The molecule has 0 heterocycles. The minimum Gasteiger partial charge on any atom is -0.312 e. The standard InChI is InChI=1S/C3H9N.2ClH.H2S/c1-4(2)3;;;/h1-3H3;2*1H;1H2. The third-order valence-electron chi connectivity index (χ3n) is 0. The van der Waals surface area contributed by atoms with Gasteiger partial charge in [0.2, 0.25) is 0 Å². The molecule has 1 nitrogen and oxygen atoms in total. The lowest BCUT2D eigenvalue weighted by Crippen LogP contribution is -1.99. The van der Waals surface area contributed by atoms with Gasteiger partial charge in [-0.2, -0.15) is 13.5 Å². The van der Waals surface area contributed by atoms with Crippen LogP contribution in [-0.4, -0.2) is 26.0 Å². The molecule has 0 bridgehead atoms. The van der Waals surface area contributed by atoms with Crippen molar-refractivity contribution in [3.05, 3.63) is 0 Å². The Morgan fingerprint density at radius 1 is 0.857 bits per heavy atom. The quantitative estimate of drug-likeness (QED) is 0.521. The third-order valence-corrected chi connectivity index (χ3v) is 0. The van der Waals surface area contributed by atoms with Gasteiger partial charge in [-0.1, -0.05) is 0 Å². The Morgan fingerprint density at radius 2 is 0.857 bits per heavy atom. The molecule has 0 aliphatic heterocycles. The molecule has 50 valence electrons. The van der Waals surface area contributed by atoms with Gasteiger partial charge < -0.3 is 4.90 Å². The fraction of sp³-hybridized carbons (Fsp3) is 1.00. The zero-order valence-electron chi connectivity index (χ0n) is 4.76. The fourth-order valence-electron chi connectivity index (χ4n) is 0. The van der Waals surface area contributed by atoms with Gasteiger partial charge in [-0.15, -0.1) is 24.8 Å². The molecular weight excluding hydrogens is 153 g/mol. The molecule has 0 atom stereocenters. The second kappa shape index (κ2) is 15.8. The minimum atomic E-state index is 0. The highest BCUT2D eigenvalue weighted by Gasteiger charge is 1.58. The highest BCUT2D eigenvalue weighted by atomic mass is 35.5. The van der Waals surface area contributed by atoms with Crippen LogP contribution in [-0.2, 0) is 0 Å². The van der Waals surface area contributed by atoms with Gasteiger partial charge in [-0.3, -0.25) is 0 Å². The van der Waals surface area contributed by atoms with Crippen LogP contribution in [0.4, 0.5) is 0 Å². The van der Waals surface area contributed by atoms with Crippen LogP contribution in [0, 0.1) is 0 Å². The molecule has 0 radical (unpaired) electrons. The predicted octanol–water partition coefficient (Wildman–Crippen LogP) is 1.13. The van der Waals surface area contributed by atoms with E-state index < -0.39 is 0 Å². The molecule has 4 heteroatoms. The predicted molar refractivity (Wildman–Crippen MR) is 44.5 cm³/mol. The molecule has 0 N–H and O–H groups in total. The molecule has 0 amide bonds. The van der Waals surface area contributed by atoms with E-state index >= 15 is 0 Å². The lowest BCUT2D eigenvalue weighted by Gasteiger charge is -1.90. The van der Waals surface area contributed by atoms with Crippen LogP contribution >= 0.6 is 38.3 Å². The summed E-state index contributed by atoms with van der Waals surface area (Å²) in [5, 5.41) is 0. The molecule has 0 aliphatic rings. The normalized spacial score (nSPS) is 5.14. The summed E-state index contributed by atoms with van der Waals surface area (Å²) in [7, 11) is 6.00. The van der Waals surface area contributed by atoms with E-state index in [1.807, 2.05) is 26.0 Å². The molecule has 0 unspecified atom stereocenters. The zero-order valence-corrected chi connectivity index (χ0v) is 7.40. The summed E-state index contributed by atoms with van der Waals surface area (Å²) in [4.78, 5) is 2.00. The first-order chi connectivity index (χ1) is 1.73. The number of hydrogen-bond donors (Lipinski definition) is 0. The Balaban J connectivity index is -0.0000000150. The maximum atomic E-state index is 2.00. The molecule has 0 saturated heterocycles. The molecular formula is C3H13Cl2NS. The fourth-order valence-corrected chi connectivity index (χ4v) is 0. The summed E-state index contributed by atoms with van der Waals surface area (Å²) < 4.78 is 0. The molecule has 0 saturated carbocycles. The van der Waals surface area contributed by atoms with Gasteiger partial charge in [-0.05, 0) is 21.1 Å². The smallest absolute Gasteiger partial charge is 0.0140 e. The first kappa shape index (κ1) is 24.8. The van der Waals surface area contributed by atoms with Crippen molar-refractivity contribution in [3.8, 4) is 0 Å². The van der Waals surface area contributed by atoms with E-state index in [-0.39, 0.29) is 38.3 Å². The van der Waals surface area contributed by atoms with Crippen molar-refractivity contribution in [1.29, 1.82) is 0 Å². The first-order valence-electron chi connectivity index (χ1n) is 1.34. The number of hydrogen-bond acceptors (Lipinski definition) is 1. The van der Waals surface area contributed by atoms with Crippen LogP contribution in [0.25, 0.3) is 0 Å². The summed E-state index contributed by atoms with van der Waals surface area (Å²) in [5.41, 5.74) is 0. The van der Waals surface area contributed by atoms with Crippen LogP contribution in [0.5, 0.6) is 0 Å². The Hall–Kier alpha value is 0.890. The van der Waals surface area contributed by atoms with Gasteiger partial charge in [0.1, 0.15) is 0 Å². The van der Waals surface area contributed by atoms with Gasteiger partial charge >= 0.3 is 0 Å². The van der Waals surface area contributed by atoms with Crippen molar-refractivity contribution in [2.75, 3.05) is 21.1 Å². The van der Waals surface area contributed by atoms with E-state index in [1.165, 1.54) is 0 Å². The van der Waals surface area contributed by atoms with E-state index in [0.717, 1.165) is 0 Å². The number of rotatable bonds is 0. The van der Waals surface area contributed by atoms with Gasteiger partial charge in [0.25, 0.3) is 0 Å². The summed E-state index contributed by atoms with van der Waals surface area (Å²) in [6.07, 6.45) is 0. The van der Waals surface area contributed by atoms with Crippen molar-refractivity contribution in [3.63, 3.8) is 0 Å². The number of nitrogens with zero attached hydrogens (tertiary/aromatic N) is 1. The Labute approximate surface area is 64.7 Å². The number of halogens is 2. The maximum absolute atomic E-state index is 2.00. The minimum absolute atomic E-state index is 0. The van der Waals surface area contributed by atoms with E-state index in [0.29, 0.717) is 0 Å². The Kier molecular flexibility index (Phi) is 55.9. The lowest BCUT2D eigenvalue weighted by atomic mass is 11.0. The molecule has 0 rings (SSSR count). The van der Waals surface area contributed by atoms with Crippen LogP contribution in [0.1, 0.15) is 0 Å². The van der Waals surface area contributed by atoms with Gasteiger partial charge in [0.15, 0.2) is 0 Å². The SMILES string of the molecule is CN(C)C.Cl.Cl.S. The van der Waals surface area contributed by atoms with Gasteiger partial charge in [0, 0.05) is 0 Å². The summed E-state index contributed by atoms with van der Waals surface area (Å²) in [5.74, 6) is 0. The van der Waals surface area contributed by atoms with Crippen LogP contribution in [0.15, 0.2) is 0 Å². The van der Waals surface area contributed by atoms with E-state index in [1.54, 1.807) is 0 Å². The second-order valence-electron chi connectivity index (χ2n) is 1.34. The van der Waals surface area contributed by atoms with E-state index in [9.17, 15) is 0 Å². The molecule has 0 aromatic heterocycles. The molecule has 0 spiro atoms. The monoisotopic (exact) mass is 165 g/mol. The lowest BCUT2D eigenvalue weighted by molar-refractivity contribution is 0.505. The van der Waals surface area contributed by atoms with Crippen LogP contribution in [0.3, 0.4) is 0 Å². The third kappa shape index (κ3) is 208. The first-order valence-corrected chi connectivity index (χ1v) is 1.34. The van der Waals surface area contributed by atoms with Crippen molar-refractivity contribution in [2.45, 2.75) is 0 Å². The average Bonchev–Trinajstić information content (AvgIpc) is 0.811. The van der Waals surface area contributed by atoms with Crippen molar-refractivity contribution >= 4 is 38.3 Å². The van der Waals surface area contributed by atoms with Crippen molar-refractivity contribution < 1.29 is 0 Å².